The van der Waals surface area contributed by atoms with Crippen molar-refractivity contribution >= 4 is 17.3 Å². The predicted molar refractivity (Wildman–Crippen MR) is 73.1 cm³/mol. The zero-order valence-electron chi connectivity index (χ0n) is 10.8. The van der Waals surface area contributed by atoms with E-state index in [-0.39, 0.29) is 12.1 Å². The number of hydrogen-bond acceptors (Lipinski definition) is 5. The van der Waals surface area contributed by atoms with Crippen LogP contribution in [0.3, 0.4) is 0 Å². The van der Waals surface area contributed by atoms with Gasteiger partial charge in [-0.05, 0) is 24.6 Å². The predicted octanol–water partition coefficient (Wildman–Crippen LogP) is 3.21. The number of ether oxygens (including phenoxy) is 2. The lowest BCUT2D eigenvalue weighted by atomic mass is 10.1. The Bertz CT molecular complexity index is 539. The molecule has 4 nitrogen and oxygen atoms in total. The van der Waals surface area contributed by atoms with Gasteiger partial charge in [-0.1, -0.05) is 12.1 Å². The summed E-state index contributed by atoms with van der Waals surface area (Å²) in [6.45, 7) is 2.29. The van der Waals surface area contributed by atoms with Gasteiger partial charge in [0.25, 0.3) is 0 Å². The second-order valence-electron chi connectivity index (χ2n) is 4.05. The number of esters is 1. The van der Waals surface area contributed by atoms with E-state index in [0.717, 1.165) is 10.6 Å². The maximum atomic E-state index is 12.0. The highest BCUT2D eigenvalue weighted by molar-refractivity contribution is 7.09. The van der Waals surface area contributed by atoms with Crippen LogP contribution in [0.4, 0.5) is 0 Å². The molecule has 0 amide bonds. The minimum Gasteiger partial charge on any atom is -0.452 e. The molecule has 0 aliphatic rings. The van der Waals surface area contributed by atoms with Crippen molar-refractivity contribution < 1.29 is 14.3 Å². The Kier molecular flexibility index (Phi) is 4.65. The fourth-order valence-corrected chi connectivity index (χ4v) is 2.29. The van der Waals surface area contributed by atoms with Crippen LogP contribution in [0.25, 0.3) is 0 Å². The first kappa shape index (κ1) is 13.7. The average Bonchev–Trinajstić information content (AvgIpc) is 2.93. The third-order valence-corrected chi connectivity index (χ3v) is 3.49. The van der Waals surface area contributed by atoms with Crippen LogP contribution in [-0.4, -0.2) is 18.1 Å². The van der Waals surface area contributed by atoms with Crippen LogP contribution in [0, 0.1) is 0 Å². The molecule has 0 N–H and O–H groups in total. The maximum absolute atomic E-state index is 12.0. The minimum absolute atomic E-state index is 0.335. The lowest BCUT2D eigenvalue weighted by molar-refractivity contribution is 0.0337. The molecule has 0 saturated heterocycles. The first-order chi connectivity index (χ1) is 9.20. The quantitative estimate of drug-likeness (QED) is 0.787. The number of rotatable bonds is 5. The molecule has 19 heavy (non-hydrogen) atoms. The van der Waals surface area contributed by atoms with Crippen LogP contribution in [0.2, 0.25) is 0 Å². The number of aromatic nitrogens is 1. The highest BCUT2D eigenvalue weighted by atomic mass is 32.1. The summed E-state index contributed by atoms with van der Waals surface area (Å²) in [5.41, 5.74) is 1.47. The topological polar surface area (TPSA) is 48.4 Å². The van der Waals surface area contributed by atoms with Gasteiger partial charge in [-0.3, -0.25) is 0 Å². The molecule has 0 spiro atoms. The second-order valence-corrected chi connectivity index (χ2v) is 4.98. The summed E-state index contributed by atoms with van der Waals surface area (Å²) in [5.74, 6) is -0.347. The third kappa shape index (κ3) is 3.62. The maximum Gasteiger partial charge on any atom is 0.338 e. The molecule has 1 aromatic carbocycles. The second kappa shape index (κ2) is 6.45. The van der Waals surface area contributed by atoms with Gasteiger partial charge in [-0.2, -0.15) is 0 Å². The van der Waals surface area contributed by atoms with Crippen molar-refractivity contribution in [2.24, 2.45) is 0 Å². The molecule has 100 valence electrons. The van der Waals surface area contributed by atoms with E-state index in [4.69, 9.17) is 9.47 Å². The fraction of sp³-hybridized carbons (Fsp3) is 0.286. The van der Waals surface area contributed by atoms with Gasteiger partial charge in [0.2, 0.25) is 0 Å². The molecule has 0 radical (unpaired) electrons. The summed E-state index contributed by atoms with van der Waals surface area (Å²) in [6.07, 6.45) is 1.36. The number of thiazole rings is 1. The largest absolute Gasteiger partial charge is 0.452 e. The van der Waals surface area contributed by atoms with E-state index in [1.165, 1.54) is 11.3 Å². The number of hydrogen-bond donors (Lipinski definition) is 0. The Morgan fingerprint density at radius 2 is 2.32 bits per heavy atom. The SMILES string of the molecule is COCc1cccc(C(=O)O[C@@H](C)c2nccs2)c1. The number of nitrogens with zero attached hydrogens (tertiary/aromatic N) is 1. The van der Waals surface area contributed by atoms with E-state index in [9.17, 15) is 4.79 Å². The first-order valence-electron chi connectivity index (χ1n) is 5.89. The van der Waals surface area contributed by atoms with Gasteiger partial charge in [-0.15, -0.1) is 11.3 Å². The van der Waals surface area contributed by atoms with Gasteiger partial charge in [0.1, 0.15) is 5.01 Å². The van der Waals surface area contributed by atoms with Crippen LogP contribution >= 0.6 is 11.3 Å². The number of carbonyl (C=O) groups excluding carboxylic acids is 1. The number of methoxy groups -OCH3 is 1. The molecule has 0 bridgehead atoms. The molecule has 1 aromatic heterocycles. The minimum atomic E-state index is -0.347. The molecule has 0 fully saturated rings. The molecule has 2 rings (SSSR count). The van der Waals surface area contributed by atoms with Crippen molar-refractivity contribution in [1.82, 2.24) is 4.98 Å². The van der Waals surface area contributed by atoms with Crippen molar-refractivity contribution in [3.63, 3.8) is 0 Å². The Hall–Kier alpha value is -1.72. The number of carbonyl (C=O) groups is 1. The van der Waals surface area contributed by atoms with E-state index in [2.05, 4.69) is 4.98 Å². The van der Waals surface area contributed by atoms with Crippen molar-refractivity contribution in [3.05, 3.63) is 52.0 Å². The van der Waals surface area contributed by atoms with Gasteiger partial charge < -0.3 is 9.47 Å². The van der Waals surface area contributed by atoms with E-state index in [1.54, 1.807) is 25.4 Å². The van der Waals surface area contributed by atoms with Gasteiger partial charge in [0.05, 0.1) is 12.2 Å². The van der Waals surface area contributed by atoms with Crippen molar-refractivity contribution in [2.45, 2.75) is 19.6 Å². The highest BCUT2D eigenvalue weighted by Gasteiger charge is 2.15. The smallest absolute Gasteiger partial charge is 0.338 e. The Morgan fingerprint density at radius 1 is 1.47 bits per heavy atom. The van der Waals surface area contributed by atoms with E-state index in [0.29, 0.717) is 12.2 Å². The van der Waals surface area contributed by atoms with Crippen molar-refractivity contribution in [3.8, 4) is 0 Å². The summed E-state index contributed by atoms with van der Waals surface area (Å²) in [6, 6.07) is 7.24. The zero-order valence-corrected chi connectivity index (χ0v) is 11.6. The molecular weight excluding hydrogens is 262 g/mol. The molecule has 5 heteroatoms. The summed E-state index contributed by atoms with van der Waals surface area (Å²) >= 11 is 1.47. The van der Waals surface area contributed by atoms with Crippen molar-refractivity contribution in [1.29, 1.82) is 0 Å². The third-order valence-electron chi connectivity index (χ3n) is 2.56. The van der Waals surface area contributed by atoms with Gasteiger partial charge >= 0.3 is 5.97 Å². The molecule has 1 atom stereocenters. The Labute approximate surface area is 116 Å². The molecule has 2 aromatic rings. The van der Waals surface area contributed by atoms with Crippen LogP contribution in [0.5, 0.6) is 0 Å². The highest BCUT2D eigenvalue weighted by Crippen LogP contribution is 2.20. The van der Waals surface area contributed by atoms with Crippen LogP contribution < -0.4 is 0 Å². The first-order valence-corrected chi connectivity index (χ1v) is 6.77. The Morgan fingerprint density at radius 3 is 3.00 bits per heavy atom. The van der Waals surface area contributed by atoms with E-state index in [1.807, 2.05) is 24.4 Å². The monoisotopic (exact) mass is 277 g/mol. The molecule has 0 aliphatic carbocycles. The zero-order chi connectivity index (χ0) is 13.7. The van der Waals surface area contributed by atoms with Crippen LogP contribution in [0.1, 0.15) is 34.0 Å². The summed E-state index contributed by atoms with van der Waals surface area (Å²) < 4.78 is 10.4. The van der Waals surface area contributed by atoms with Crippen molar-refractivity contribution in [2.75, 3.05) is 7.11 Å². The number of benzene rings is 1. The van der Waals surface area contributed by atoms with E-state index >= 15 is 0 Å². The van der Waals surface area contributed by atoms with Crippen LogP contribution in [-0.2, 0) is 16.1 Å². The summed E-state index contributed by atoms with van der Waals surface area (Å²) in [5, 5.41) is 2.65. The fourth-order valence-electron chi connectivity index (χ4n) is 1.67. The summed E-state index contributed by atoms with van der Waals surface area (Å²) in [7, 11) is 1.62. The van der Waals surface area contributed by atoms with Crippen LogP contribution in [0.15, 0.2) is 35.8 Å². The lowest BCUT2D eigenvalue weighted by Gasteiger charge is -2.11. The lowest BCUT2D eigenvalue weighted by Crippen LogP contribution is -2.09. The van der Waals surface area contributed by atoms with E-state index < -0.39 is 0 Å². The molecule has 1 heterocycles. The molecule has 0 unspecified atom stereocenters. The standard InChI is InChI=1S/C14H15NO3S/c1-10(13-15-6-7-19-13)18-14(16)12-5-3-4-11(8-12)9-17-2/h3-8,10H,9H2,1-2H3/t10-/m0/s1. The molecular formula is C14H15NO3S. The molecule has 0 saturated carbocycles. The van der Waals surface area contributed by atoms with Gasteiger partial charge in [-0.25, -0.2) is 9.78 Å². The Balaban J connectivity index is 2.05. The summed E-state index contributed by atoms with van der Waals surface area (Å²) in [4.78, 5) is 16.2. The van der Waals surface area contributed by atoms with Gasteiger partial charge in [0.15, 0.2) is 6.10 Å². The van der Waals surface area contributed by atoms with Gasteiger partial charge in [0, 0.05) is 18.7 Å². The normalized spacial score (nSPS) is 12.1. The molecule has 0 aliphatic heterocycles. The average molecular weight is 277 g/mol.